The Labute approximate surface area is 113 Å². The van der Waals surface area contributed by atoms with E-state index in [1.165, 1.54) is 23.5 Å². The lowest BCUT2D eigenvalue weighted by Crippen LogP contribution is -2.13. The molecule has 1 aromatic rings. The van der Waals surface area contributed by atoms with E-state index in [0.29, 0.717) is 9.28 Å². The predicted molar refractivity (Wildman–Crippen MR) is 76.1 cm³/mol. The van der Waals surface area contributed by atoms with Gasteiger partial charge in [-0.15, -0.1) is 0 Å². The van der Waals surface area contributed by atoms with Gasteiger partial charge in [-0.2, -0.15) is 4.99 Å². The van der Waals surface area contributed by atoms with Crippen molar-refractivity contribution in [1.82, 2.24) is 0 Å². The molecule has 2 N–H and O–H groups in total. The van der Waals surface area contributed by atoms with E-state index in [4.69, 9.17) is 5.73 Å². The molecule has 2 rings (SSSR count). The van der Waals surface area contributed by atoms with Crippen molar-refractivity contribution >= 4 is 45.8 Å². The Balaban J connectivity index is 2.05. The molecule has 18 heavy (non-hydrogen) atoms. The molecule has 4 nitrogen and oxygen atoms in total. The molecule has 0 fully saturated rings. The highest BCUT2D eigenvalue weighted by Crippen LogP contribution is 2.33. The van der Waals surface area contributed by atoms with Crippen molar-refractivity contribution in [3.63, 3.8) is 0 Å². The van der Waals surface area contributed by atoms with Gasteiger partial charge in [-0.1, -0.05) is 53.9 Å². The molecule has 6 heteroatoms. The summed E-state index contributed by atoms with van der Waals surface area (Å²) < 4.78 is 0.570. The van der Waals surface area contributed by atoms with Crippen LogP contribution >= 0.6 is 23.5 Å². The van der Waals surface area contributed by atoms with E-state index < -0.39 is 5.91 Å². The first-order valence-electron chi connectivity index (χ1n) is 5.14. The number of aliphatic imine (C=N–C) groups is 1. The van der Waals surface area contributed by atoms with E-state index in [1.807, 2.05) is 30.3 Å². The molecule has 1 aromatic carbocycles. The summed E-state index contributed by atoms with van der Waals surface area (Å²) in [5.41, 5.74) is 5.99. The zero-order valence-corrected chi connectivity index (χ0v) is 11.0. The summed E-state index contributed by atoms with van der Waals surface area (Å²) in [5, 5.41) is 0. The normalized spacial score (nSPS) is 17.0. The summed E-state index contributed by atoms with van der Waals surface area (Å²) in [7, 11) is 0. The minimum Gasteiger partial charge on any atom is -0.369 e. The van der Waals surface area contributed by atoms with E-state index in [2.05, 4.69) is 4.99 Å². The van der Waals surface area contributed by atoms with Gasteiger partial charge >= 0.3 is 0 Å². The first-order chi connectivity index (χ1) is 8.65. The highest BCUT2D eigenvalue weighted by Gasteiger charge is 2.22. The van der Waals surface area contributed by atoms with Gasteiger partial charge in [-0.25, -0.2) is 0 Å². The van der Waals surface area contributed by atoms with Gasteiger partial charge in [0.2, 0.25) is 5.91 Å². The largest absolute Gasteiger partial charge is 0.369 e. The monoisotopic (exact) mass is 278 g/mol. The molecule has 1 aliphatic rings. The van der Waals surface area contributed by atoms with Crippen LogP contribution in [0.1, 0.15) is 5.56 Å². The van der Waals surface area contributed by atoms with Crippen LogP contribution in [0, 0.1) is 0 Å². The lowest BCUT2D eigenvalue weighted by Gasteiger charge is -1.96. The summed E-state index contributed by atoms with van der Waals surface area (Å²) in [4.78, 5) is 26.7. The van der Waals surface area contributed by atoms with Gasteiger partial charge in [0, 0.05) is 0 Å². The summed E-state index contributed by atoms with van der Waals surface area (Å²) in [6.07, 6.45) is 1.79. The van der Waals surface area contributed by atoms with Gasteiger partial charge in [0.05, 0.1) is 10.7 Å². The third-order valence-corrected chi connectivity index (χ3v) is 4.19. The van der Waals surface area contributed by atoms with Crippen LogP contribution in [0.4, 0.5) is 0 Å². The molecule has 0 radical (unpaired) electrons. The summed E-state index contributed by atoms with van der Waals surface area (Å²) in [6, 6.07) is 9.54. The van der Waals surface area contributed by atoms with Crippen molar-refractivity contribution in [2.45, 2.75) is 0 Å². The third-order valence-electron chi connectivity index (χ3n) is 2.04. The molecule has 1 heterocycles. The quantitative estimate of drug-likeness (QED) is 0.857. The Bertz CT molecular complexity index is 538. The third kappa shape index (κ3) is 3.48. The maximum atomic E-state index is 11.6. The number of hydrogen-bond acceptors (Lipinski definition) is 4. The minimum absolute atomic E-state index is 0.137. The van der Waals surface area contributed by atoms with E-state index >= 15 is 0 Å². The van der Waals surface area contributed by atoms with Gasteiger partial charge < -0.3 is 5.73 Å². The highest BCUT2D eigenvalue weighted by atomic mass is 32.2. The minimum atomic E-state index is -0.420. The zero-order chi connectivity index (χ0) is 13.0. The molecule has 0 saturated heterocycles. The van der Waals surface area contributed by atoms with Crippen molar-refractivity contribution in [1.29, 1.82) is 0 Å². The van der Waals surface area contributed by atoms with Crippen LogP contribution in [-0.2, 0) is 9.59 Å². The number of rotatable bonds is 3. The molecule has 0 saturated carbocycles. The van der Waals surface area contributed by atoms with E-state index in [0.717, 1.165) is 5.56 Å². The maximum absolute atomic E-state index is 11.6. The lowest BCUT2D eigenvalue weighted by molar-refractivity contribution is -0.115. The van der Waals surface area contributed by atoms with Crippen molar-refractivity contribution in [3.05, 3.63) is 40.8 Å². The number of carbonyl (C=O) groups excluding carboxylic acids is 2. The Morgan fingerprint density at radius 1 is 1.39 bits per heavy atom. The number of hydrogen-bond donors (Lipinski definition) is 1. The van der Waals surface area contributed by atoms with Crippen LogP contribution in [0.2, 0.25) is 0 Å². The van der Waals surface area contributed by atoms with Crippen LogP contribution in [-0.4, -0.2) is 21.9 Å². The average molecular weight is 278 g/mol. The fourth-order valence-corrected chi connectivity index (χ4v) is 3.02. The summed E-state index contributed by atoms with van der Waals surface area (Å²) >= 11 is 2.46. The molecule has 92 valence electrons. The van der Waals surface area contributed by atoms with Gasteiger partial charge in [0.25, 0.3) is 5.91 Å². The fourth-order valence-electron chi connectivity index (χ4n) is 1.28. The Morgan fingerprint density at radius 3 is 2.78 bits per heavy atom. The molecular weight excluding hydrogens is 268 g/mol. The first kappa shape index (κ1) is 12.9. The predicted octanol–water partition coefficient (Wildman–Crippen LogP) is 1.88. The van der Waals surface area contributed by atoms with Crippen LogP contribution in [0.5, 0.6) is 0 Å². The SMILES string of the molecule is NC(=O)CSC1=NC(=O)/C(=C\c2ccccc2)S1. The van der Waals surface area contributed by atoms with Crippen molar-refractivity contribution in [2.75, 3.05) is 5.75 Å². The number of carbonyl (C=O) groups is 2. The Hall–Kier alpha value is -1.53. The average Bonchev–Trinajstić information content (AvgIpc) is 2.69. The molecule has 0 atom stereocenters. The second-order valence-corrected chi connectivity index (χ2v) is 5.71. The van der Waals surface area contributed by atoms with E-state index in [-0.39, 0.29) is 11.7 Å². The Kier molecular flexibility index (Phi) is 4.22. The highest BCUT2D eigenvalue weighted by molar-refractivity contribution is 8.41. The molecular formula is C12H10N2O2S2. The van der Waals surface area contributed by atoms with E-state index in [1.54, 1.807) is 6.08 Å². The molecule has 0 aromatic heterocycles. The van der Waals surface area contributed by atoms with Crippen molar-refractivity contribution < 1.29 is 9.59 Å². The number of benzene rings is 1. The lowest BCUT2D eigenvalue weighted by atomic mass is 10.2. The van der Waals surface area contributed by atoms with Gasteiger partial charge in [0.1, 0.15) is 4.38 Å². The van der Waals surface area contributed by atoms with E-state index in [9.17, 15) is 9.59 Å². The number of amides is 2. The zero-order valence-electron chi connectivity index (χ0n) is 9.33. The molecule has 1 aliphatic heterocycles. The first-order valence-corrected chi connectivity index (χ1v) is 6.94. The topological polar surface area (TPSA) is 72.5 Å². The van der Waals surface area contributed by atoms with Crippen LogP contribution in [0.25, 0.3) is 6.08 Å². The van der Waals surface area contributed by atoms with Crippen LogP contribution in [0.15, 0.2) is 40.2 Å². The summed E-state index contributed by atoms with van der Waals surface area (Å²) in [6.45, 7) is 0. The van der Waals surface area contributed by atoms with Crippen LogP contribution in [0.3, 0.4) is 0 Å². The van der Waals surface area contributed by atoms with Gasteiger partial charge in [0.15, 0.2) is 0 Å². The molecule has 0 aliphatic carbocycles. The van der Waals surface area contributed by atoms with Gasteiger partial charge in [-0.05, 0) is 11.6 Å². The fraction of sp³-hybridized carbons (Fsp3) is 0.0833. The maximum Gasteiger partial charge on any atom is 0.285 e. The molecule has 0 unspecified atom stereocenters. The number of thioether (sulfide) groups is 2. The van der Waals surface area contributed by atoms with Crippen molar-refractivity contribution in [3.8, 4) is 0 Å². The van der Waals surface area contributed by atoms with Gasteiger partial charge in [-0.3, -0.25) is 9.59 Å². The van der Waals surface area contributed by atoms with Crippen molar-refractivity contribution in [2.24, 2.45) is 10.7 Å². The second-order valence-electron chi connectivity index (χ2n) is 3.46. The second kappa shape index (κ2) is 5.88. The number of nitrogens with two attached hydrogens (primary N) is 1. The number of primary amides is 1. The molecule has 2 amide bonds. The molecule has 0 bridgehead atoms. The Morgan fingerprint density at radius 2 is 2.11 bits per heavy atom. The molecule has 0 spiro atoms. The van der Waals surface area contributed by atoms with Crippen LogP contribution < -0.4 is 5.73 Å². The number of nitrogens with zero attached hydrogens (tertiary/aromatic N) is 1. The standard InChI is InChI=1S/C12H10N2O2S2/c13-10(15)7-17-12-14-11(16)9(18-12)6-8-4-2-1-3-5-8/h1-6H,7H2,(H2,13,15)/b9-6+. The smallest absolute Gasteiger partial charge is 0.285 e. The summed E-state index contributed by atoms with van der Waals surface area (Å²) in [5.74, 6) is -0.551.